The molecular formula is C13H28N2O. The van der Waals surface area contributed by atoms with Crippen LogP contribution >= 0.6 is 0 Å². The molecule has 0 spiro atoms. The molecule has 0 aromatic rings. The molecule has 3 nitrogen and oxygen atoms in total. The van der Waals surface area contributed by atoms with Crippen molar-refractivity contribution >= 4 is 0 Å². The number of hydrogen-bond acceptors (Lipinski definition) is 3. The van der Waals surface area contributed by atoms with E-state index in [9.17, 15) is 5.11 Å². The molecule has 1 fully saturated rings. The molecular weight excluding hydrogens is 200 g/mol. The van der Waals surface area contributed by atoms with Gasteiger partial charge >= 0.3 is 0 Å². The van der Waals surface area contributed by atoms with Gasteiger partial charge < -0.3 is 10.8 Å². The van der Waals surface area contributed by atoms with Crippen molar-refractivity contribution in [1.82, 2.24) is 4.90 Å². The SMILES string of the molecule is CCC1CCC(C)N1CCCC(C)(O)CN. The van der Waals surface area contributed by atoms with Crippen molar-refractivity contribution in [2.75, 3.05) is 13.1 Å². The van der Waals surface area contributed by atoms with Gasteiger partial charge in [-0.05, 0) is 52.5 Å². The molecule has 0 aliphatic carbocycles. The van der Waals surface area contributed by atoms with Gasteiger partial charge in [-0.2, -0.15) is 0 Å². The van der Waals surface area contributed by atoms with Crippen LogP contribution in [0.3, 0.4) is 0 Å². The summed E-state index contributed by atoms with van der Waals surface area (Å²) in [5.74, 6) is 0. The van der Waals surface area contributed by atoms with E-state index in [1.54, 1.807) is 0 Å². The molecule has 1 heterocycles. The van der Waals surface area contributed by atoms with Crippen LogP contribution in [0.15, 0.2) is 0 Å². The highest BCUT2D eigenvalue weighted by atomic mass is 16.3. The molecule has 0 saturated carbocycles. The fourth-order valence-corrected chi connectivity index (χ4v) is 2.71. The Morgan fingerprint density at radius 2 is 2.12 bits per heavy atom. The zero-order chi connectivity index (χ0) is 12.2. The smallest absolute Gasteiger partial charge is 0.0741 e. The third kappa shape index (κ3) is 3.72. The maximum Gasteiger partial charge on any atom is 0.0741 e. The van der Waals surface area contributed by atoms with E-state index < -0.39 is 5.60 Å². The molecule has 1 rings (SSSR count). The summed E-state index contributed by atoms with van der Waals surface area (Å²) in [5, 5.41) is 9.84. The van der Waals surface area contributed by atoms with Gasteiger partial charge in [0.05, 0.1) is 5.60 Å². The van der Waals surface area contributed by atoms with Crippen molar-refractivity contribution < 1.29 is 5.11 Å². The Morgan fingerprint density at radius 1 is 1.44 bits per heavy atom. The molecule has 0 aromatic carbocycles. The highest BCUT2D eigenvalue weighted by Crippen LogP contribution is 2.26. The third-order valence-electron chi connectivity index (χ3n) is 4.00. The Balaban J connectivity index is 2.31. The summed E-state index contributed by atoms with van der Waals surface area (Å²) in [6.07, 6.45) is 5.77. The van der Waals surface area contributed by atoms with Crippen LogP contribution in [-0.2, 0) is 0 Å². The van der Waals surface area contributed by atoms with Crippen LogP contribution in [0, 0.1) is 0 Å². The van der Waals surface area contributed by atoms with Gasteiger partial charge in [0.15, 0.2) is 0 Å². The minimum absolute atomic E-state index is 0.361. The number of likely N-dealkylation sites (tertiary alicyclic amines) is 1. The monoisotopic (exact) mass is 228 g/mol. The van der Waals surface area contributed by atoms with Crippen LogP contribution in [0.5, 0.6) is 0 Å². The average Bonchev–Trinajstić information content (AvgIpc) is 2.60. The molecule has 1 saturated heterocycles. The average molecular weight is 228 g/mol. The van der Waals surface area contributed by atoms with Crippen LogP contribution in [0.4, 0.5) is 0 Å². The Bertz CT molecular complexity index is 206. The number of nitrogens with zero attached hydrogens (tertiary/aromatic N) is 1. The van der Waals surface area contributed by atoms with Gasteiger partial charge in [0.2, 0.25) is 0 Å². The second-order valence-corrected chi connectivity index (χ2v) is 5.53. The van der Waals surface area contributed by atoms with Crippen LogP contribution in [-0.4, -0.2) is 40.8 Å². The topological polar surface area (TPSA) is 49.5 Å². The molecule has 3 heteroatoms. The first kappa shape index (κ1) is 13.9. The molecule has 0 radical (unpaired) electrons. The standard InChI is InChI=1S/C13H28N2O/c1-4-12-7-6-11(2)15(12)9-5-8-13(3,16)10-14/h11-12,16H,4-10,14H2,1-3H3. The van der Waals surface area contributed by atoms with Gasteiger partial charge in [-0.15, -0.1) is 0 Å². The highest BCUT2D eigenvalue weighted by molar-refractivity contribution is 4.85. The van der Waals surface area contributed by atoms with Gasteiger partial charge in [-0.1, -0.05) is 6.92 Å². The molecule has 0 aromatic heterocycles. The third-order valence-corrected chi connectivity index (χ3v) is 4.00. The Hall–Kier alpha value is -0.120. The van der Waals surface area contributed by atoms with E-state index in [4.69, 9.17) is 5.73 Å². The number of rotatable bonds is 6. The van der Waals surface area contributed by atoms with E-state index in [2.05, 4.69) is 18.7 Å². The van der Waals surface area contributed by atoms with Crippen molar-refractivity contribution in [2.24, 2.45) is 5.73 Å². The number of aliphatic hydroxyl groups is 1. The van der Waals surface area contributed by atoms with E-state index in [1.165, 1.54) is 19.3 Å². The minimum atomic E-state index is -0.676. The van der Waals surface area contributed by atoms with Crippen LogP contribution in [0.2, 0.25) is 0 Å². The molecule has 3 atom stereocenters. The lowest BCUT2D eigenvalue weighted by Gasteiger charge is -2.29. The zero-order valence-electron chi connectivity index (χ0n) is 11.1. The molecule has 0 amide bonds. The molecule has 16 heavy (non-hydrogen) atoms. The minimum Gasteiger partial charge on any atom is -0.389 e. The van der Waals surface area contributed by atoms with Gasteiger partial charge in [0.1, 0.15) is 0 Å². The van der Waals surface area contributed by atoms with Crippen molar-refractivity contribution in [2.45, 2.75) is 70.6 Å². The maximum absolute atomic E-state index is 9.84. The summed E-state index contributed by atoms with van der Waals surface area (Å²) in [4.78, 5) is 2.60. The largest absolute Gasteiger partial charge is 0.389 e. The van der Waals surface area contributed by atoms with Crippen molar-refractivity contribution in [3.63, 3.8) is 0 Å². The Kier molecular flexibility index (Phi) is 5.22. The Morgan fingerprint density at radius 3 is 2.69 bits per heavy atom. The first-order valence-electron chi connectivity index (χ1n) is 6.68. The summed E-state index contributed by atoms with van der Waals surface area (Å²) >= 11 is 0. The fraction of sp³-hybridized carbons (Fsp3) is 1.00. The Labute approximate surface area is 100 Å². The van der Waals surface area contributed by atoms with E-state index in [1.807, 2.05) is 6.92 Å². The zero-order valence-corrected chi connectivity index (χ0v) is 11.1. The lowest BCUT2D eigenvalue weighted by atomic mass is 10.0. The lowest BCUT2D eigenvalue weighted by molar-refractivity contribution is 0.0521. The summed E-state index contributed by atoms with van der Waals surface area (Å²) in [7, 11) is 0. The number of nitrogens with two attached hydrogens (primary N) is 1. The second-order valence-electron chi connectivity index (χ2n) is 5.53. The molecule has 1 aliphatic rings. The summed E-state index contributed by atoms with van der Waals surface area (Å²) < 4.78 is 0. The van der Waals surface area contributed by atoms with Gasteiger partial charge in [-0.3, -0.25) is 4.90 Å². The molecule has 1 aliphatic heterocycles. The normalized spacial score (nSPS) is 30.6. The highest BCUT2D eigenvalue weighted by Gasteiger charge is 2.29. The van der Waals surface area contributed by atoms with Gasteiger partial charge in [-0.25, -0.2) is 0 Å². The van der Waals surface area contributed by atoms with Crippen molar-refractivity contribution in [3.8, 4) is 0 Å². The lowest BCUT2D eigenvalue weighted by Crippen LogP contribution is -2.38. The van der Waals surface area contributed by atoms with Crippen LogP contribution in [0.25, 0.3) is 0 Å². The molecule has 0 bridgehead atoms. The summed E-state index contributed by atoms with van der Waals surface area (Å²) in [5.41, 5.74) is 4.84. The molecule has 3 N–H and O–H groups in total. The van der Waals surface area contributed by atoms with Crippen LogP contribution in [0.1, 0.15) is 52.9 Å². The van der Waals surface area contributed by atoms with E-state index in [0.29, 0.717) is 12.6 Å². The number of hydrogen-bond donors (Lipinski definition) is 2. The van der Waals surface area contributed by atoms with Gasteiger partial charge in [0.25, 0.3) is 0 Å². The van der Waals surface area contributed by atoms with Crippen molar-refractivity contribution in [1.29, 1.82) is 0 Å². The van der Waals surface area contributed by atoms with E-state index >= 15 is 0 Å². The quantitative estimate of drug-likeness (QED) is 0.728. The first-order valence-corrected chi connectivity index (χ1v) is 6.68. The summed E-state index contributed by atoms with van der Waals surface area (Å²) in [6.45, 7) is 7.88. The van der Waals surface area contributed by atoms with E-state index in [-0.39, 0.29) is 0 Å². The van der Waals surface area contributed by atoms with Gasteiger partial charge in [0, 0.05) is 18.6 Å². The predicted octanol–water partition coefficient (Wildman–Crippen LogP) is 1.74. The predicted molar refractivity (Wildman–Crippen MR) is 68.4 cm³/mol. The summed E-state index contributed by atoms with van der Waals surface area (Å²) in [6, 6.07) is 1.48. The fourth-order valence-electron chi connectivity index (χ4n) is 2.71. The maximum atomic E-state index is 9.84. The van der Waals surface area contributed by atoms with E-state index in [0.717, 1.165) is 25.4 Å². The molecule has 96 valence electrons. The second kappa shape index (κ2) is 5.99. The first-order chi connectivity index (χ1) is 7.50. The van der Waals surface area contributed by atoms with Crippen molar-refractivity contribution in [3.05, 3.63) is 0 Å². The molecule has 3 unspecified atom stereocenters. The van der Waals surface area contributed by atoms with Crippen LogP contribution < -0.4 is 5.73 Å².